The summed E-state index contributed by atoms with van der Waals surface area (Å²) in [7, 11) is 0. The maximum absolute atomic E-state index is 11.9. The van der Waals surface area contributed by atoms with Crippen molar-refractivity contribution in [1.82, 2.24) is 20.6 Å². The number of hydrogen-bond acceptors (Lipinski definition) is 7. The van der Waals surface area contributed by atoms with Gasteiger partial charge in [-0.05, 0) is 22.9 Å². The minimum Gasteiger partial charge on any atom is -0.443 e. The first kappa shape index (κ1) is 16.6. The zero-order valence-corrected chi connectivity index (χ0v) is 15.1. The maximum Gasteiger partial charge on any atom is 0.315 e. The Morgan fingerprint density at radius 2 is 1.38 bits per heavy atom. The molecule has 9 heteroatoms. The van der Waals surface area contributed by atoms with Gasteiger partial charge in [0.05, 0.1) is 34.2 Å². The molecule has 2 N–H and O–H groups in total. The fraction of sp³-hybridized carbons (Fsp3) is 0.118. The lowest BCUT2D eigenvalue weighted by Crippen LogP contribution is -2.34. The molecule has 0 aliphatic rings. The summed E-state index contributed by atoms with van der Waals surface area (Å²) in [5.74, 6) is 1.11. The first-order chi connectivity index (χ1) is 12.8. The molecule has 132 valence electrons. The molecule has 0 saturated carbocycles. The third kappa shape index (κ3) is 3.84. The average molecular weight is 386 g/mol. The molecule has 0 aliphatic heterocycles. The predicted octanol–water partition coefficient (Wildman–Crippen LogP) is 4.12. The lowest BCUT2D eigenvalue weighted by Gasteiger charge is -2.03. The minimum atomic E-state index is -0.314. The highest BCUT2D eigenvalue weighted by Crippen LogP contribution is 2.24. The number of hydrogen-bond donors (Lipinski definition) is 2. The van der Waals surface area contributed by atoms with Gasteiger partial charge in [0.1, 0.15) is 12.5 Å². The maximum atomic E-state index is 11.9. The van der Waals surface area contributed by atoms with Crippen molar-refractivity contribution >= 4 is 28.7 Å². The van der Waals surface area contributed by atoms with Crippen LogP contribution < -0.4 is 10.6 Å². The zero-order chi connectivity index (χ0) is 17.8. The van der Waals surface area contributed by atoms with Crippen molar-refractivity contribution in [2.75, 3.05) is 0 Å². The number of nitrogens with zero attached hydrogens (tertiary/aromatic N) is 2. The van der Waals surface area contributed by atoms with E-state index in [0.717, 1.165) is 9.75 Å². The van der Waals surface area contributed by atoms with Crippen LogP contribution in [-0.2, 0) is 13.1 Å². The third-order valence-electron chi connectivity index (χ3n) is 3.43. The molecule has 4 heterocycles. The van der Waals surface area contributed by atoms with E-state index in [-0.39, 0.29) is 19.1 Å². The van der Waals surface area contributed by atoms with Crippen molar-refractivity contribution in [3.63, 3.8) is 0 Å². The summed E-state index contributed by atoms with van der Waals surface area (Å²) in [6.07, 6.45) is 3.08. The van der Waals surface area contributed by atoms with E-state index in [1.165, 1.54) is 0 Å². The van der Waals surface area contributed by atoms with Crippen molar-refractivity contribution in [2.24, 2.45) is 0 Å². The van der Waals surface area contributed by atoms with E-state index in [4.69, 9.17) is 8.83 Å². The van der Waals surface area contributed by atoms with Gasteiger partial charge in [0.25, 0.3) is 0 Å². The average Bonchev–Trinajstić information content (AvgIpc) is 3.44. The molecule has 0 atom stereocenters. The number of aromatic nitrogens is 2. The fourth-order valence-corrected chi connectivity index (χ4v) is 3.52. The second-order valence-corrected chi connectivity index (χ2v) is 7.17. The molecular formula is C17H14N4O3S2. The van der Waals surface area contributed by atoms with E-state index in [0.29, 0.717) is 23.2 Å². The molecule has 0 fully saturated rings. The molecular weight excluding hydrogens is 372 g/mol. The molecule has 0 bridgehead atoms. The largest absolute Gasteiger partial charge is 0.443 e. The normalized spacial score (nSPS) is 10.8. The Morgan fingerprint density at radius 1 is 0.885 bits per heavy atom. The molecule has 0 aliphatic carbocycles. The van der Waals surface area contributed by atoms with Crippen molar-refractivity contribution in [3.8, 4) is 21.5 Å². The summed E-state index contributed by atoms with van der Waals surface area (Å²) < 4.78 is 10.8. The number of thiophene rings is 2. The van der Waals surface area contributed by atoms with Gasteiger partial charge >= 0.3 is 6.03 Å². The van der Waals surface area contributed by atoms with Crippen LogP contribution in [0.1, 0.15) is 11.4 Å². The monoisotopic (exact) mass is 386 g/mol. The number of nitrogens with one attached hydrogen (secondary N) is 2. The van der Waals surface area contributed by atoms with Gasteiger partial charge in [0.15, 0.2) is 0 Å². The second-order valence-electron chi connectivity index (χ2n) is 5.28. The van der Waals surface area contributed by atoms with E-state index in [1.54, 1.807) is 35.2 Å². The van der Waals surface area contributed by atoms with Gasteiger partial charge in [0, 0.05) is 0 Å². The van der Waals surface area contributed by atoms with Crippen LogP contribution in [0.2, 0.25) is 0 Å². The highest BCUT2D eigenvalue weighted by atomic mass is 32.1. The zero-order valence-electron chi connectivity index (χ0n) is 13.5. The second kappa shape index (κ2) is 7.54. The van der Waals surface area contributed by atoms with Crippen LogP contribution in [0.25, 0.3) is 21.5 Å². The quantitative estimate of drug-likeness (QED) is 0.520. The number of oxazole rings is 2. The van der Waals surface area contributed by atoms with Gasteiger partial charge in [-0.15, -0.1) is 22.7 Å². The molecule has 0 aromatic carbocycles. The van der Waals surface area contributed by atoms with Crippen molar-refractivity contribution < 1.29 is 13.6 Å². The van der Waals surface area contributed by atoms with Crippen LogP contribution in [0, 0.1) is 0 Å². The topological polar surface area (TPSA) is 93.2 Å². The number of amides is 2. The van der Waals surface area contributed by atoms with E-state index >= 15 is 0 Å². The summed E-state index contributed by atoms with van der Waals surface area (Å²) in [6, 6.07) is 7.42. The highest BCUT2D eigenvalue weighted by molar-refractivity contribution is 7.13. The lowest BCUT2D eigenvalue weighted by molar-refractivity contribution is 0.240. The Morgan fingerprint density at radius 3 is 1.81 bits per heavy atom. The minimum absolute atomic E-state index is 0.278. The van der Waals surface area contributed by atoms with E-state index in [9.17, 15) is 4.79 Å². The Labute approximate surface area is 156 Å². The van der Waals surface area contributed by atoms with Crippen LogP contribution >= 0.6 is 22.7 Å². The molecule has 0 spiro atoms. The van der Waals surface area contributed by atoms with Gasteiger partial charge < -0.3 is 19.5 Å². The van der Waals surface area contributed by atoms with E-state index < -0.39 is 0 Å². The molecule has 0 saturated heterocycles. The summed E-state index contributed by atoms with van der Waals surface area (Å²) in [6.45, 7) is 0.555. The number of carbonyl (C=O) groups is 1. The number of carbonyl (C=O) groups excluding carboxylic acids is 1. The van der Waals surface area contributed by atoms with Crippen molar-refractivity contribution in [3.05, 3.63) is 58.9 Å². The first-order valence-electron chi connectivity index (χ1n) is 7.76. The van der Waals surface area contributed by atoms with E-state index in [1.807, 2.05) is 35.0 Å². The lowest BCUT2D eigenvalue weighted by atomic mass is 10.4. The van der Waals surface area contributed by atoms with E-state index in [2.05, 4.69) is 20.6 Å². The Balaban J connectivity index is 1.26. The third-order valence-corrected chi connectivity index (χ3v) is 5.14. The molecule has 4 rings (SSSR count). The summed E-state index contributed by atoms with van der Waals surface area (Å²) in [5, 5.41) is 9.39. The van der Waals surface area contributed by atoms with Crippen LogP contribution in [0.15, 0.2) is 56.4 Å². The molecule has 7 nitrogen and oxygen atoms in total. The summed E-state index contributed by atoms with van der Waals surface area (Å²) in [4.78, 5) is 22.5. The highest BCUT2D eigenvalue weighted by Gasteiger charge is 2.10. The fourth-order valence-electron chi connectivity index (χ4n) is 2.21. The molecule has 2 amide bonds. The van der Waals surface area contributed by atoms with Gasteiger partial charge in [-0.2, -0.15) is 0 Å². The van der Waals surface area contributed by atoms with Crippen LogP contribution in [0.4, 0.5) is 4.79 Å². The Bertz CT molecular complexity index is 895. The van der Waals surface area contributed by atoms with Crippen LogP contribution in [-0.4, -0.2) is 16.0 Å². The van der Waals surface area contributed by atoms with Crippen LogP contribution in [0.5, 0.6) is 0 Å². The van der Waals surface area contributed by atoms with Gasteiger partial charge in [-0.1, -0.05) is 12.1 Å². The first-order valence-corrected chi connectivity index (χ1v) is 9.52. The Kier molecular flexibility index (Phi) is 4.80. The predicted molar refractivity (Wildman–Crippen MR) is 98.7 cm³/mol. The molecule has 4 aromatic rings. The van der Waals surface area contributed by atoms with Crippen LogP contribution in [0.3, 0.4) is 0 Å². The standard InChI is InChI=1S/C17H14N4O3S2/c22-17(18-7-11-9-23-15(20-11)13-3-1-5-25-13)19-8-12-10-24-16(21-12)14-4-2-6-26-14/h1-6,9-10H,7-8H2,(H2,18,19,22). The van der Waals surface area contributed by atoms with Gasteiger partial charge in [0.2, 0.25) is 11.8 Å². The number of rotatable bonds is 6. The molecule has 26 heavy (non-hydrogen) atoms. The van der Waals surface area contributed by atoms with Crippen molar-refractivity contribution in [1.29, 1.82) is 0 Å². The number of urea groups is 1. The molecule has 0 unspecified atom stereocenters. The SMILES string of the molecule is O=C(NCc1coc(-c2cccs2)n1)NCc1coc(-c2cccs2)n1. The molecule has 0 radical (unpaired) electrons. The Hall–Kier alpha value is -2.91. The summed E-state index contributed by atoms with van der Waals surface area (Å²) >= 11 is 3.10. The van der Waals surface area contributed by atoms with Gasteiger partial charge in [-0.3, -0.25) is 0 Å². The summed E-state index contributed by atoms with van der Waals surface area (Å²) in [5.41, 5.74) is 1.31. The van der Waals surface area contributed by atoms with Crippen molar-refractivity contribution in [2.45, 2.75) is 13.1 Å². The smallest absolute Gasteiger partial charge is 0.315 e. The molecule has 4 aromatic heterocycles. The van der Waals surface area contributed by atoms with Gasteiger partial charge in [-0.25, -0.2) is 14.8 Å².